The molecular formula is C16H30N2O. The van der Waals surface area contributed by atoms with E-state index in [0.717, 1.165) is 37.3 Å². The van der Waals surface area contributed by atoms with Gasteiger partial charge < -0.3 is 10.6 Å². The minimum absolute atomic E-state index is 0.0402. The molecule has 0 spiro atoms. The van der Waals surface area contributed by atoms with Crippen LogP contribution in [0.1, 0.15) is 58.8 Å². The summed E-state index contributed by atoms with van der Waals surface area (Å²) in [6, 6.07) is -0.0402. The summed E-state index contributed by atoms with van der Waals surface area (Å²) in [5.74, 6) is 2.93. The predicted molar refractivity (Wildman–Crippen MR) is 78.9 cm³/mol. The number of carbonyl (C=O) groups is 1. The third-order valence-electron chi connectivity index (χ3n) is 4.59. The molecule has 0 aromatic heterocycles. The van der Waals surface area contributed by atoms with Gasteiger partial charge in [0.05, 0.1) is 6.04 Å². The monoisotopic (exact) mass is 266 g/mol. The fraction of sp³-hybridized carbons (Fsp3) is 0.938. The van der Waals surface area contributed by atoms with E-state index in [9.17, 15) is 4.79 Å². The van der Waals surface area contributed by atoms with Gasteiger partial charge in [0.1, 0.15) is 0 Å². The Kier molecular flexibility index (Phi) is 5.68. The summed E-state index contributed by atoms with van der Waals surface area (Å²) in [7, 11) is 0. The Morgan fingerprint density at radius 3 is 2.32 bits per heavy atom. The Labute approximate surface area is 117 Å². The highest BCUT2D eigenvalue weighted by molar-refractivity contribution is 5.81. The first-order valence-electron chi connectivity index (χ1n) is 8.23. The highest BCUT2D eigenvalue weighted by Gasteiger charge is 2.41. The van der Waals surface area contributed by atoms with Crippen LogP contribution >= 0.6 is 0 Å². The Hall–Kier alpha value is -0.570. The highest BCUT2D eigenvalue weighted by atomic mass is 16.2. The van der Waals surface area contributed by atoms with Crippen LogP contribution in [0.3, 0.4) is 0 Å². The molecule has 2 rings (SSSR count). The maximum Gasteiger partial charge on any atom is 0.236 e. The number of carbonyl (C=O) groups excluding carboxylic acids is 1. The van der Waals surface area contributed by atoms with Gasteiger partial charge in [0.25, 0.3) is 0 Å². The van der Waals surface area contributed by atoms with Crippen LogP contribution in [-0.4, -0.2) is 25.0 Å². The van der Waals surface area contributed by atoms with Crippen molar-refractivity contribution in [2.24, 2.45) is 17.8 Å². The molecule has 2 N–H and O–H groups in total. The topological polar surface area (TPSA) is 41.1 Å². The molecule has 0 bridgehead atoms. The number of hydrogen-bond acceptors (Lipinski definition) is 2. The summed E-state index contributed by atoms with van der Waals surface area (Å²) in [6.45, 7) is 6.04. The first-order chi connectivity index (χ1) is 9.22. The lowest BCUT2D eigenvalue weighted by molar-refractivity contribution is -0.122. The molecule has 0 aliphatic heterocycles. The van der Waals surface area contributed by atoms with Crippen molar-refractivity contribution >= 4 is 5.91 Å². The van der Waals surface area contributed by atoms with Crippen molar-refractivity contribution in [2.45, 2.75) is 64.8 Å². The van der Waals surface area contributed by atoms with E-state index in [1.807, 2.05) is 6.92 Å². The van der Waals surface area contributed by atoms with Gasteiger partial charge in [-0.25, -0.2) is 0 Å². The Morgan fingerprint density at radius 1 is 1.16 bits per heavy atom. The second-order valence-electron chi connectivity index (χ2n) is 6.47. The molecule has 1 amide bonds. The first kappa shape index (κ1) is 14.8. The molecule has 0 heterocycles. The van der Waals surface area contributed by atoms with Gasteiger partial charge in [-0.3, -0.25) is 4.79 Å². The maximum atomic E-state index is 11.9. The number of rotatable bonds is 10. The molecule has 2 saturated carbocycles. The molecule has 1 unspecified atom stereocenters. The molecular weight excluding hydrogens is 236 g/mol. The van der Waals surface area contributed by atoms with Crippen LogP contribution in [-0.2, 0) is 4.79 Å². The molecule has 110 valence electrons. The van der Waals surface area contributed by atoms with Crippen LogP contribution in [0.25, 0.3) is 0 Å². The molecule has 19 heavy (non-hydrogen) atoms. The van der Waals surface area contributed by atoms with Gasteiger partial charge in [0, 0.05) is 6.54 Å². The lowest BCUT2D eigenvalue weighted by atomic mass is 9.97. The Balaban J connectivity index is 1.59. The predicted octanol–water partition coefficient (Wildman–Crippen LogP) is 2.71. The molecule has 1 atom stereocenters. The van der Waals surface area contributed by atoms with Crippen LogP contribution < -0.4 is 10.6 Å². The van der Waals surface area contributed by atoms with Gasteiger partial charge in [0.2, 0.25) is 5.91 Å². The Morgan fingerprint density at radius 2 is 1.79 bits per heavy atom. The zero-order chi connectivity index (χ0) is 13.7. The second kappa shape index (κ2) is 7.28. The summed E-state index contributed by atoms with van der Waals surface area (Å²) in [6.07, 6.45) is 9.17. The van der Waals surface area contributed by atoms with E-state index < -0.39 is 0 Å². The van der Waals surface area contributed by atoms with E-state index >= 15 is 0 Å². The van der Waals surface area contributed by atoms with Crippen LogP contribution in [0, 0.1) is 17.8 Å². The molecule has 2 aliphatic carbocycles. The van der Waals surface area contributed by atoms with Gasteiger partial charge in [-0.15, -0.1) is 0 Å². The van der Waals surface area contributed by atoms with Crippen molar-refractivity contribution in [3.05, 3.63) is 0 Å². The number of unbranched alkanes of at least 4 members (excludes halogenated alkanes) is 2. The van der Waals surface area contributed by atoms with Gasteiger partial charge in [-0.1, -0.05) is 19.8 Å². The molecule has 0 aromatic rings. The molecule has 2 fully saturated rings. The number of hydrogen-bond donors (Lipinski definition) is 2. The highest BCUT2D eigenvalue weighted by Crippen LogP contribution is 2.48. The van der Waals surface area contributed by atoms with Gasteiger partial charge in [0.15, 0.2) is 0 Å². The van der Waals surface area contributed by atoms with Crippen molar-refractivity contribution in [3.63, 3.8) is 0 Å². The molecule has 3 heteroatoms. The van der Waals surface area contributed by atoms with E-state index in [1.54, 1.807) is 0 Å². The first-order valence-corrected chi connectivity index (χ1v) is 8.23. The van der Waals surface area contributed by atoms with E-state index in [2.05, 4.69) is 17.6 Å². The number of amides is 1. The summed E-state index contributed by atoms with van der Waals surface area (Å²) in [4.78, 5) is 11.9. The summed E-state index contributed by atoms with van der Waals surface area (Å²) >= 11 is 0. The quantitative estimate of drug-likeness (QED) is 0.597. The van der Waals surface area contributed by atoms with E-state index in [0.29, 0.717) is 0 Å². The minimum Gasteiger partial charge on any atom is -0.355 e. The summed E-state index contributed by atoms with van der Waals surface area (Å²) < 4.78 is 0. The number of nitrogens with one attached hydrogen (secondary N) is 2. The lowest BCUT2D eigenvalue weighted by Crippen LogP contribution is -2.44. The van der Waals surface area contributed by atoms with E-state index in [4.69, 9.17) is 0 Å². The SMILES string of the molecule is CCCCCNC(=O)C(C)NCC(C1CC1)C1CC1. The molecule has 0 aromatic carbocycles. The van der Waals surface area contributed by atoms with Crippen LogP contribution in [0.4, 0.5) is 0 Å². The zero-order valence-electron chi connectivity index (χ0n) is 12.6. The fourth-order valence-electron chi connectivity index (χ4n) is 2.91. The largest absolute Gasteiger partial charge is 0.355 e. The fourth-order valence-corrected chi connectivity index (χ4v) is 2.91. The maximum absolute atomic E-state index is 11.9. The van der Waals surface area contributed by atoms with Crippen LogP contribution in [0.5, 0.6) is 0 Å². The average Bonchev–Trinajstić information content (AvgIpc) is 3.27. The summed E-state index contributed by atoms with van der Waals surface area (Å²) in [5, 5.41) is 6.48. The second-order valence-corrected chi connectivity index (χ2v) is 6.47. The summed E-state index contributed by atoms with van der Waals surface area (Å²) in [5.41, 5.74) is 0. The van der Waals surface area contributed by atoms with Crippen molar-refractivity contribution < 1.29 is 4.79 Å². The minimum atomic E-state index is -0.0402. The molecule has 0 radical (unpaired) electrons. The smallest absolute Gasteiger partial charge is 0.236 e. The lowest BCUT2D eigenvalue weighted by Gasteiger charge is -2.20. The molecule has 0 saturated heterocycles. The van der Waals surface area contributed by atoms with Gasteiger partial charge >= 0.3 is 0 Å². The Bertz CT molecular complexity index is 272. The van der Waals surface area contributed by atoms with E-state index in [1.165, 1.54) is 38.5 Å². The van der Waals surface area contributed by atoms with Crippen molar-refractivity contribution in [1.82, 2.24) is 10.6 Å². The normalized spacial score (nSPS) is 20.6. The average molecular weight is 266 g/mol. The van der Waals surface area contributed by atoms with Crippen LogP contribution in [0.15, 0.2) is 0 Å². The van der Waals surface area contributed by atoms with Crippen LogP contribution in [0.2, 0.25) is 0 Å². The van der Waals surface area contributed by atoms with E-state index in [-0.39, 0.29) is 11.9 Å². The van der Waals surface area contributed by atoms with Gasteiger partial charge in [-0.05, 0) is 63.3 Å². The third-order valence-corrected chi connectivity index (χ3v) is 4.59. The van der Waals surface area contributed by atoms with Crippen molar-refractivity contribution in [2.75, 3.05) is 13.1 Å². The van der Waals surface area contributed by atoms with Gasteiger partial charge in [-0.2, -0.15) is 0 Å². The van der Waals surface area contributed by atoms with Crippen molar-refractivity contribution in [1.29, 1.82) is 0 Å². The molecule has 3 nitrogen and oxygen atoms in total. The zero-order valence-corrected chi connectivity index (χ0v) is 12.6. The standard InChI is InChI=1S/C16H30N2O/c1-3-4-5-10-17-16(19)12(2)18-11-15(13-6-7-13)14-8-9-14/h12-15,18H,3-11H2,1-2H3,(H,17,19). The van der Waals surface area contributed by atoms with Crippen molar-refractivity contribution in [3.8, 4) is 0 Å². The molecule has 2 aliphatic rings. The third kappa shape index (κ3) is 5.13.